The number of nitrogens with zero attached hydrogens (tertiary/aromatic N) is 1. The van der Waals surface area contributed by atoms with Gasteiger partial charge in [0.15, 0.2) is 11.6 Å². The van der Waals surface area contributed by atoms with Crippen LogP contribution >= 0.6 is 0 Å². The molecule has 1 heterocycles. The van der Waals surface area contributed by atoms with Crippen LogP contribution < -0.4 is 20.7 Å². The number of ether oxygens (including phenoxy) is 2. The lowest BCUT2D eigenvalue weighted by Gasteiger charge is -2.13. The van der Waals surface area contributed by atoms with Crippen molar-refractivity contribution in [3.05, 3.63) is 67.9 Å². The third-order valence-corrected chi connectivity index (χ3v) is 4.46. The highest BCUT2D eigenvalue weighted by Crippen LogP contribution is 2.29. The Morgan fingerprint density at radius 2 is 1.59 bits per heavy atom. The highest BCUT2D eigenvalue weighted by molar-refractivity contribution is 5.77. The van der Waals surface area contributed by atoms with Crippen LogP contribution in [0.25, 0.3) is 10.9 Å². The quantitative estimate of drug-likeness (QED) is 0.743. The number of nitrogens with one attached hydrogen (secondary N) is 1. The van der Waals surface area contributed by atoms with Gasteiger partial charge in [-0.15, -0.1) is 0 Å². The van der Waals surface area contributed by atoms with Crippen molar-refractivity contribution < 1.29 is 18.3 Å². The zero-order chi connectivity index (χ0) is 19.7. The lowest BCUT2D eigenvalue weighted by atomic mass is 10.1. The number of hydrogen-bond donors (Lipinski definition) is 1. The highest BCUT2D eigenvalue weighted by Gasteiger charge is 2.13. The highest BCUT2D eigenvalue weighted by atomic mass is 19.2. The van der Waals surface area contributed by atoms with E-state index in [1.54, 1.807) is 12.1 Å². The van der Waals surface area contributed by atoms with Crippen LogP contribution in [-0.2, 0) is 13.0 Å². The first-order valence-electron chi connectivity index (χ1n) is 8.19. The van der Waals surface area contributed by atoms with Crippen molar-refractivity contribution in [1.29, 1.82) is 0 Å². The van der Waals surface area contributed by atoms with Crippen molar-refractivity contribution in [3.8, 4) is 11.5 Å². The SMILES string of the molecule is COc1cc(CCn2c(=O)[nH]c3cc(F)c(F)cc3c2=O)cc(OC)c1C. The van der Waals surface area contributed by atoms with Gasteiger partial charge in [0.05, 0.1) is 25.1 Å². The minimum absolute atomic E-state index is 0.0428. The van der Waals surface area contributed by atoms with Gasteiger partial charge in [-0.1, -0.05) is 0 Å². The third-order valence-electron chi connectivity index (χ3n) is 4.46. The summed E-state index contributed by atoms with van der Waals surface area (Å²) in [6.07, 6.45) is 0.338. The second-order valence-electron chi connectivity index (χ2n) is 6.07. The number of halogens is 2. The summed E-state index contributed by atoms with van der Waals surface area (Å²) in [7, 11) is 3.08. The fraction of sp³-hybridized carbons (Fsp3) is 0.263. The van der Waals surface area contributed by atoms with Crippen molar-refractivity contribution in [2.45, 2.75) is 19.9 Å². The van der Waals surface area contributed by atoms with Crippen LogP contribution in [0.1, 0.15) is 11.1 Å². The molecule has 3 aromatic rings. The summed E-state index contributed by atoms with van der Waals surface area (Å²) in [5.41, 5.74) is 0.218. The number of hydrogen-bond acceptors (Lipinski definition) is 4. The third kappa shape index (κ3) is 3.42. The summed E-state index contributed by atoms with van der Waals surface area (Å²) < 4.78 is 38.4. The Bertz CT molecular complexity index is 1110. The Morgan fingerprint density at radius 1 is 1.00 bits per heavy atom. The molecule has 1 aromatic heterocycles. The molecule has 0 saturated carbocycles. The van der Waals surface area contributed by atoms with Crippen LogP contribution in [0.3, 0.4) is 0 Å². The summed E-state index contributed by atoms with van der Waals surface area (Å²) in [5, 5.41) is -0.0902. The van der Waals surface area contributed by atoms with Crippen LogP contribution in [0.15, 0.2) is 33.9 Å². The predicted octanol–water partition coefficient (Wildman–Crippen LogP) is 2.54. The van der Waals surface area contributed by atoms with Crippen molar-refractivity contribution in [1.82, 2.24) is 9.55 Å². The summed E-state index contributed by atoms with van der Waals surface area (Å²) in [6.45, 7) is 1.91. The maximum atomic E-state index is 13.5. The first-order valence-corrected chi connectivity index (χ1v) is 8.19. The van der Waals surface area contributed by atoms with E-state index < -0.39 is 22.9 Å². The molecule has 1 N–H and O–H groups in total. The lowest BCUT2D eigenvalue weighted by molar-refractivity contribution is 0.387. The largest absolute Gasteiger partial charge is 0.496 e. The number of rotatable bonds is 5. The predicted molar refractivity (Wildman–Crippen MR) is 96.7 cm³/mol. The van der Waals surface area contributed by atoms with Crippen molar-refractivity contribution in [3.63, 3.8) is 0 Å². The van der Waals surface area contributed by atoms with Gasteiger partial charge in [0.2, 0.25) is 0 Å². The Kier molecular flexibility index (Phi) is 4.98. The monoisotopic (exact) mass is 376 g/mol. The average molecular weight is 376 g/mol. The first-order chi connectivity index (χ1) is 12.8. The molecule has 0 unspecified atom stereocenters. The molecule has 0 aliphatic rings. The molecule has 0 aliphatic heterocycles. The van der Waals surface area contributed by atoms with E-state index in [1.165, 1.54) is 14.2 Å². The van der Waals surface area contributed by atoms with Crippen LogP contribution in [0.5, 0.6) is 11.5 Å². The van der Waals surface area contributed by atoms with E-state index in [0.29, 0.717) is 17.9 Å². The molecule has 0 saturated heterocycles. The van der Waals surface area contributed by atoms with E-state index in [4.69, 9.17) is 9.47 Å². The van der Waals surface area contributed by atoms with Gasteiger partial charge >= 0.3 is 5.69 Å². The van der Waals surface area contributed by atoms with Gasteiger partial charge in [-0.25, -0.2) is 13.6 Å². The molecule has 0 radical (unpaired) electrons. The van der Waals surface area contributed by atoms with Gasteiger partial charge in [-0.3, -0.25) is 9.36 Å². The number of aromatic nitrogens is 2. The van der Waals surface area contributed by atoms with Crippen LogP contribution in [0.2, 0.25) is 0 Å². The van der Waals surface area contributed by atoms with Crippen LogP contribution in [0, 0.1) is 18.6 Å². The molecule has 142 valence electrons. The summed E-state index contributed by atoms with van der Waals surface area (Å²) in [5.74, 6) is -1.02. The van der Waals surface area contributed by atoms with E-state index in [0.717, 1.165) is 27.8 Å². The van der Waals surface area contributed by atoms with E-state index >= 15 is 0 Å². The number of H-pyrrole nitrogens is 1. The molecule has 3 rings (SSSR count). The molecule has 0 amide bonds. The summed E-state index contributed by atoms with van der Waals surface area (Å²) in [6, 6.07) is 5.19. The molecule has 0 bridgehead atoms. The number of aromatic amines is 1. The smallest absolute Gasteiger partial charge is 0.328 e. The lowest BCUT2D eigenvalue weighted by Crippen LogP contribution is -2.35. The summed E-state index contributed by atoms with van der Waals surface area (Å²) in [4.78, 5) is 27.2. The molecule has 8 heteroatoms. The molecular weight excluding hydrogens is 358 g/mol. The summed E-state index contributed by atoms with van der Waals surface area (Å²) >= 11 is 0. The second kappa shape index (κ2) is 7.22. The van der Waals surface area contributed by atoms with Gasteiger partial charge in [-0.2, -0.15) is 0 Å². The van der Waals surface area contributed by atoms with Crippen molar-refractivity contribution in [2.24, 2.45) is 0 Å². The zero-order valence-corrected chi connectivity index (χ0v) is 15.1. The first kappa shape index (κ1) is 18.6. The molecule has 0 atom stereocenters. The zero-order valence-electron chi connectivity index (χ0n) is 15.1. The minimum atomic E-state index is -1.15. The normalized spacial score (nSPS) is 11.0. The Hall–Kier alpha value is -3.16. The fourth-order valence-electron chi connectivity index (χ4n) is 2.98. The van der Waals surface area contributed by atoms with Gasteiger partial charge in [-0.05, 0) is 37.1 Å². The van der Waals surface area contributed by atoms with Crippen molar-refractivity contribution >= 4 is 10.9 Å². The van der Waals surface area contributed by atoms with Gasteiger partial charge < -0.3 is 14.5 Å². The van der Waals surface area contributed by atoms with E-state index in [1.807, 2.05) is 6.92 Å². The standard InChI is InChI=1S/C19H18F2N2O4/c1-10-16(26-2)6-11(7-17(10)27-3)4-5-23-18(24)12-8-13(20)14(21)9-15(12)22-19(23)25/h6-9H,4-5H2,1-3H3,(H,22,25). The maximum Gasteiger partial charge on any atom is 0.328 e. The Labute approximate surface area is 153 Å². The van der Waals surface area contributed by atoms with E-state index in [-0.39, 0.29) is 17.4 Å². The van der Waals surface area contributed by atoms with Gasteiger partial charge in [0.25, 0.3) is 5.56 Å². The van der Waals surface area contributed by atoms with Crippen molar-refractivity contribution in [2.75, 3.05) is 14.2 Å². The second-order valence-corrected chi connectivity index (χ2v) is 6.07. The molecule has 0 fully saturated rings. The molecule has 0 spiro atoms. The molecular formula is C19H18F2N2O4. The topological polar surface area (TPSA) is 73.3 Å². The van der Waals surface area contributed by atoms with E-state index in [9.17, 15) is 18.4 Å². The molecule has 27 heavy (non-hydrogen) atoms. The molecule has 6 nitrogen and oxygen atoms in total. The molecule has 2 aromatic carbocycles. The number of methoxy groups -OCH3 is 2. The number of benzene rings is 2. The maximum absolute atomic E-state index is 13.5. The molecule has 0 aliphatic carbocycles. The minimum Gasteiger partial charge on any atom is -0.496 e. The number of fused-ring (bicyclic) bond motifs is 1. The van der Waals surface area contributed by atoms with E-state index in [2.05, 4.69) is 4.98 Å². The number of aryl methyl sites for hydroxylation is 1. The Morgan fingerprint density at radius 3 is 2.19 bits per heavy atom. The van der Waals surface area contributed by atoms with Gasteiger partial charge in [0.1, 0.15) is 11.5 Å². The average Bonchev–Trinajstić information content (AvgIpc) is 2.64. The Balaban J connectivity index is 2.00. The van der Waals surface area contributed by atoms with Crippen LogP contribution in [-0.4, -0.2) is 23.8 Å². The fourth-order valence-corrected chi connectivity index (χ4v) is 2.98. The van der Waals surface area contributed by atoms with Crippen LogP contribution in [0.4, 0.5) is 8.78 Å². The van der Waals surface area contributed by atoms with Gasteiger partial charge in [0, 0.05) is 18.2 Å².